The van der Waals surface area contributed by atoms with Gasteiger partial charge in [-0.05, 0) is 12.1 Å². The lowest BCUT2D eigenvalue weighted by Gasteiger charge is -2.28. The number of hydrogen-bond donors (Lipinski definition) is 1. The lowest BCUT2D eigenvalue weighted by atomic mass is 10.2. The molecule has 1 aliphatic heterocycles. The van der Waals surface area contributed by atoms with E-state index < -0.39 is 0 Å². The number of aromatic nitrogens is 1. The first-order valence-electron chi connectivity index (χ1n) is 5.69. The second kappa shape index (κ2) is 5.62. The Hall–Kier alpha value is -1.64. The summed E-state index contributed by atoms with van der Waals surface area (Å²) in [6, 6.07) is 5.64. The van der Waals surface area contributed by atoms with Gasteiger partial charge >= 0.3 is 0 Å². The minimum atomic E-state index is 0.212. The number of morpholine rings is 1. The van der Waals surface area contributed by atoms with Crippen LogP contribution in [0.5, 0.6) is 0 Å². The fourth-order valence-corrected chi connectivity index (χ4v) is 1.83. The molecule has 0 amide bonds. The summed E-state index contributed by atoms with van der Waals surface area (Å²) in [6.07, 6.45) is 1.93. The Bertz CT molecular complexity index is 392. The maximum Gasteiger partial charge on any atom is 0.140 e. The van der Waals surface area contributed by atoms with Crippen LogP contribution in [0, 0.1) is 11.3 Å². The van der Waals surface area contributed by atoms with Gasteiger partial charge in [-0.1, -0.05) is 0 Å². The van der Waals surface area contributed by atoms with Crippen molar-refractivity contribution in [3.05, 3.63) is 24.0 Å². The van der Waals surface area contributed by atoms with Crippen LogP contribution in [-0.2, 0) is 4.74 Å². The third-order valence-electron chi connectivity index (χ3n) is 2.79. The zero-order valence-electron chi connectivity index (χ0n) is 9.89. The number of hydrogen-bond acceptors (Lipinski definition) is 5. The van der Waals surface area contributed by atoms with Gasteiger partial charge in [0.15, 0.2) is 0 Å². The molecule has 1 aliphatic rings. The molecular formula is C12H16N4O. The predicted molar refractivity (Wildman–Crippen MR) is 64.8 cm³/mol. The van der Waals surface area contributed by atoms with Gasteiger partial charge in [-0.25, -0.2) is 4.98 Å². The summed E-state index contributed by atoms with van der Waals surface area (Å²) in [7, 11) is 2.00. The summed E-state index contributed by atoms with van der Waals surface area (Å²) in [4.78, 5) is 6.14. The van der Waals surface area contributed by atoms with Crippen LogP contribution in [0.3, 0.4) is 0 Å². The third-order valence-corrected chi connectivity index (χ3v) is 2.79. The van der Waals surface area contributed by atoms with E-state index in [4.69, 9.17) is 10.00 Å². The third kappa shape index (κ3) is 3.16. The number of pyridine rings is 1. The largest absolute Gasteiger partial charge is 0.374 e. The van der Waals surface area contributed by atoms with E-state index in [2.05, 4.69) is 15.2 Å². The maximum atomic E-state index is 8.67. The SMILES string of the molecule is CN(CC1CNCCO1)c1ccc(C#N)nc1. The molecule has 5 nitrogen and oxygen atoms in total. The van der Waals surface area contributed by atoms with Crippen molar-refractivity contribution in [2.75, 3.05) is 38.2 Å². The Kier molecular flexibility index (Phi) is 3.91. The highest BCUT2D eigenvalue weighted by molar-refractivity contribution is 5.45. The number of anilines is 1. The fraction of sp³-hybridized carbons (Fsp3) is 0.500. The average Bonchev–Trinajstić information content (AvgIpc) is 2.40. The highest BCUT2D eigenvalue weighted by Gasteiger charge is 2.15. The number of nitrogens with zero attached hydrogens (tertiary/aromatic N) is 3. The van der Waals surface area contributed by atoms with Crippen molar-refractivity contribution in [3.63, 3.8) is 0 Å². The van der Waals surface area contributed by atoms with Crippen molar-refractivity contribution in [3.8, 4) is 6.07 Å². The Morgan fingerprint density at radius 3 is 3.12 bits per heavy atom. The lowest BCUT2D eigenvalue weighted by molar-refractivity contribution is 0.0340. The summed E-state index contributed by atoms with van der Waals surface area (Å²) in [5.41, 5.74) is 1.44. The second-order valence-corrected chi connectivity index (χ2v) is 4.09. The summed E-state index contributed by atoms with van der Waals surface area (Å²) in [6.45, 7) is 3.40. The monoisotopic (exact) mass is 232 g/mol. The zero-order valence-corrected chi connectivity index (χ0v) is 9.89. The fourth-order valence-electron chi connectivity index (χ4n) is 1.83. The molecule has 1 saturated heterocycles. The first-order valence-corrected chi connectivity index (χ1v) is 5.69. The van der Waals surface area contributed by atoms with Crippen LogP contribution in [0.25, 0.3) is 0 Å². The standard InChI is InChI=1S/C12H16N4O/c1-16(9-12-8-14-4-5-17-12)11-3-2-10(6-13)15-7-11/h2-3,7,12,14H,4-5,8-9H2,1H3. The lowest BCUT2D eigenvalue weighted by Crippen LogP contribution is -2.44. The molecule has 90 valence electrons. The molecule has 1 aromatic rings. The molecule has 0 bridgehead atoms. The summed E-state index contributed by atoms with van der Waals surface area (Å²) in [5, 5.41) is 12.0. The van der Waals surface area contributed by atoms with Crippen LogP contribution < -0.4 is 10.2 Å². The van der Waals surface area contributed by atoms with Crippen molar-refractivity contribution < 1.29 is 4.74 Å². The Balaban J connectivity index is 1.94. The number of nitrogens with one attached hydrogen (secondary N) is 1. The predicted octanol–water partition coefficient (Wildman–Crippen LogP) is 0.378. The Morgan fingerprint density at radius 2 is 2.53 bits per heavy atom. The quantitative estimate of drug-likeness (QED) is 0.816. The Morgan fingerprint density at radius 1 is 1.65 bits per heavy atom. The molecule has 0 saturated carbocycles. The minimum absolute atomic E-state index is 0.212. The van der Waals surface area contributed by atoms with Crippen molar-refractivity contribution in [1.29, 1.82) is 5.26 Å². The first kappa shape index (κ1) is 11.8. The van der Waals surface area contributed by atoms with Gasteiger partial charge in [-0.15, -0.1) is 0 Å². The first-order chi connectivity index (χ1) is 8.29. The molecule has 0 aromatic carbocycles. The van der Waals surface area contributed by atoms with E-state index in [1.165, 1.54) is 0 Å². The van der Waals surface area contributed by atoms with Crippen molar-refractivity contribution in [2.45, 2.75) is 6.10 Å². The van der Waals surface area contributed by atoms with Gasteiger partial charge in [0.05, 0.1) is 24.6 Å². The number of nitriles is 1. The van der Waals surface area contributed by atoms with Gasteiger partial charge < -0.3 is 15.0 Å². The van der Waals surface area contributed by atoms with Crippen molar-refractivity contribution >= 4 is 5.69 Å². The molecule has 0 spiro atoms. The van der Waals surface area contributed by atoms with Crippen molar-refractivity contribution in [1.82, 2.24) is 10.3 Å². The number of ether oxygens (including phenoxy) is 1. The Labute approximate surface area is 101 Å². The molecule has 0 aliphatic carbocycles. The van der Waals surface area contributed by atoms with E-state index >= 15 is 0 Å². The van der Waals surface area contributed by atoms with E-state index in [1.54, 1.807) is 12.3 Å². The zero-order chi connectivity index (χ0) is 12.1. The van der Waals surface area contributed by atoms with Crippen LogP contribution >= 0.6 is 0 Å². The van der Waals surface area contributed by atoms with Crippen LogP contribution in [0.15, 0.2) is 18.3 Å². The summed E-state index contributed by atoms with van der Waals surface area (Å²) >= 11 is 0. The van der Waals surface area contributed by atoms with Crippen molar-refractivity contribution in [2.24, 2.45) is 0 Å². The van der Waals surface area contributed by atoms with Crippen LogP contribution in [-0.4, -0.2) is 44.4 Å². The smallest absolute Gasteiger partial charge is 0.140 e. The molecule has 2 heterocycles. The van der Waals surface area contributed by atoms with E-state index in [-0.39, 0.29) is 6.10 Å². The normalized spacial score (nSPS) is 19.6. The molecule has 1 aromatic heterocycles. The van der Waals surface area contributed by atoms with Crippen LogP contribution in [0.2, 0.25) is 0 Å². The summed E-state index contributed by atoms with van der Waals surface area (Å²) < 4.78 is 5.64. The molecule has 5 heteroatoms. The highest BCUT2D eigenvalue weighted by Crippen LogP contribution is 2.12. The molecule has 1 atom stereocenters. The molecule has 1 unspecified atom stereocenters. The van der Waals surface area contributed by atoms with Gasteiger partial charge in [0.1, 0.15) is 11.8 Å². The molecule has 2 rings (SSSR count). The van der Waals surface area contributed by atoms with E-state index in [0.29, 0.717) is 5.69 Å². The van der Waals surface area contributed by atoms with E-state index in [1.807, 2.05) is 19.2 Å². The second-order valence-electron chi connectivity index (χ2n) is 4.09. The van der Waals surface area contributed by atoms with Gasteiger partial charge in [0.25, 0.3) is 0 Å². The molecule has 1 fully saturated rings. The molecule has 0 radical (unpaired) electrons. The molecule has 1 N–H and O–H groups in total. The minimum Gasteiger partial charge on any atom is -0.374 e. The topological polar surface area (TPSA) is 61.2 Å². The van der Waals surface area contributed by atoms with E-state index in [0.717, 1.165) is 31.9 Å². The van der Waals surface area contributed by atoms with Crippen LogP contribution in [0.4, 0.5) is 5.69 Å². The number of rotatable bonds is 3. The van der Waals surface area contributed by atoms with Gasteiger partial charge in [0.2, 0.25) is 0 Å². The maximum absolute atomic E-state index is 8.67. The average molecular weight is 232 g/mol. The number of likely N-dealkylation sites (N-methyl/N-ethyl adjacent to an activating group) is 1. The molecule has 17 heavy (non-hydrogen) atoms. The van der Waals surface area contributed by atoms with Gasteiger partial charge in [0, 0.05) is 26.7 Å². The van der Waals surface area contributed by atoms with Crippen LogP contribution in [0.1, 0.15) is 5.69 Å². The van der Waals surface area contributed by atoms with Gasteiger partial charge in [-0.2, -0.15) is 5.26 Å². The van der Waals surface area contributed by atoms with Gasteiger partial charge in [-0.3, -0.25) is 0 Å². The van der Waals surface area contributed by atoms with E-state index in [9.17, 15) is 0 Å². The summed E-state index contributed by atoms with van der Waals surface area (Å²) in [5.74, 6) is 0. The highest BCUT2D eigenvalue weighted by atomic mass is 16.5. The molecular weight excluding hydrogens is 216 g/mol.